The number of rotatable bonds is 4. The van der Waals surface area contributed by atoms with Crippen molar-refractivity contribution in [1.82, 2.24) is 4.98 Å². The molecule has 1 fully saturated rings. The van der Waals surface area contributed by atoms with Gasteiger partial charge in [0.05, 0.1) is 11.5 Å². The minimum Gasteiger partial charge on any atom is -0.356 e. The highest BCUT2D eigenvalue weighted by molar-refractivity contribution is 7.91. The number of nitrogens with zero attached hydrogens (tertiary/aromatic N) is 2. The number of halogens is 1. The van der Waals surface area contributed by atoms with Gasteiger partial charge in [0, 0.05) is 35.6 Å². The molecular weight excluding hydrogens is 362 g/mol. The van der Waals surface area contributed by atoms with E-state index in [0.717, 1.165) is 0 Å². The molecule has 1 unspecified atom stereocenters. The van der Waals surface area contributed by atoms with Gasteiger partial charge in [-0.2, -0.15) is 0 Å². The van der Waals surface area contributed by atoms with Crippen molar-refractivity contribution < 1.29 is 13.2 Å². The molecule has 1 amide bonds. The highest BCUT2D eigenvalue weighted by Gasteiger charge is 2.31. The number of pyridine rings is 1. The predicted molar refractivity (Wildman–Crippen MR) is 99.1 cm³/mol. The number of sulfone groups is 1. The van der Waals surface area contributed by atoms with Gasteiger partial charge in [-0.05, 0) is 36.8 Å². The van der Waals surface area contributed by atoms with Crippen molar-refractivity contribution in [2.24, 2.45) is 0 Å². The summed E-state index contributed by atoms with van der Waals surface area (Å²) in [6.07, 6.45) is 2.11. The molecule has 3 rings (SSSR count). The molecule has 0 spiro atoms. The second-order valence-corrected chi connectivity index (χ2v) is 8.70. The second-order valence-electron chi connectivity index (χ2n) is 6.03. The standard InChI is InChI=1S/C17H18ClN3O3S/c1-21(15-6-8-25(23,24)11-15)16-9-12(5-7-19-16)17(22)20-14-4-2-3-13(18)10-14/h2-5,7,9-10,15H,6,8,11H2,1H3,(H,20,22). The number of amides is 1. The molecule has 1 aliphatic rings. The molecule has 0 saturated carbocycles. The minimum absolute atomic E-state index is 0.115. The Morgan fingerprint density at radius 2 is 2.12 bits per heavy atom. The number of carbonyl (C=O) groups is 1. The van der Waals surface area contributed by atoms with Crippen LogP contribution in [0, 0.1) is 0 Å². The fourth-order valence-corrected chi connectivity index (χ4v) is 4.75. The van der Waals surface area contributed by atoms with Crippen molar-refractivity contribution in [2.45, 2.75) is 12.5 Å². The third kappa shape index (κ3) is 4.29. The van der Waals surface area contributed by atoms with Crippen molar-refractivity contribution in [3.63, 3.8) is 0 Å². The summed E-state index contributed by atoms with van der Waals surface area (Å²) >= 11 is 5.92. The lowest BCUT2D eigenvalue weighted by Gasteiger charge is -2.24. The fraction of sp³-hybridized carbons (Fsp3) is 0.294. The van der Waals surface area contributed by atoms with Crippen LogP contribution in [-0.2, 0) is 9.84 Å². The molecule has 1 atom stereocenters. The van der Waals surface area contributed by atoms with Crippen LogP contribution in [0.25, 0.3) is 0 Å². The first-order chi connectivity index (χ1) is 11.8. The highest BCUT2D eigenvalue weighted by Crippen LogP contribution is 2.22. The Morgan fingerprint density at radius 3 is 2.80 bits per heavy atom. The summed E-state index contributed by atoms with van der Waals surface area (Å²) in [5.41, 5.74) is 1.05. The summed E-state index contributed by atoms with van der Waals surface area (Å²) in [5.74, 6) is 0.598. The van der Waals surface area contributed by atoms with Gasteiger partial charge in [-0.3, -0.25) is 4.79 Å². The van der Waals surface area contributed by atoms with E-state index in [1.165, 1.54) is 0 Å². The third-order valence-corrected chi connectivity index (χ3v) is 6.19. The van der Waals surface area contributed by atoms with Crippen molar-refractivity contribution >= 4 is 38.9 Å². The molecule has 6 nitrogen and oxygen atoms in total. The van der Waals surface area contributed by atoms with Crippen molar-refractivity contribution in [1.29, 1.82) is 0 Å². The second kappa shape index (κ2) is 7.01. The lowest BCUT2D eigenvalue weighted by molar-refractivity contribution is 0.102. The van der Waals surface area contributed by atoms with E-state index >= 15 is 0 Å². The van der Waals surface area contributed by atoms with Crippen LogP contribution in [0.4, 0.5) is 11.5 Å². The molecular formula is C17H18ClN3O3S. The summed E-state index contributed by atoms with van der Waals surface area (Å²) in [4.78, 5) is 18.5. The van der Waals surface area contributed by atoms with Crippen molar-refractivity contribution in [2.75, 3.05) is 28.8 Å². The molecule has 0 aliphatic carbocycles. The van der Waals surface area contributed by atoms with Gasteiger partial charge >= 0.3 is 0 Å². The van der Waals surface area contributed by atoms with E-state index in [2.05, 4.69) is 10.3 Å². The van der Waals surface area contributed by atoms with E-state index in [1.807, 2.05) is 4.90 Å². The summed E-state index contributed by atoms with van der Waals surface area (Å²) < 4.78 is 23.3. The normalized spacial score (nSPS) is 18.7. The maximum Gasteiger partial charge on any atom is 0.255 e. The summed E-state index contributed by atoms with van der Waals surface area (Å²) in [5, 5.41) is 3.32. The summed E-state index contributed by atoms with van der Waals surface area (Å²) in [6.45, 7) is 0. The number of nitrogens with one attached hydrogen (secondary N) is 1. The van der Waals surface area contributed by atoms with Crippen LogP contribution >= 0.6 is 11.6 Å². The van der Waals surface area contributed by atoms with Gasteiger partial charge in [0.2, 0.25) is 0 Å². The van der Waals surface area contributed by atoms with Gasteiger partial charge in [-0.1, -0.05) is 17.7 Å². The van der Waals surface area contributed by atoms with E-state index in [-0.39, 0.29) is 23.5 Å². The van der Waals surface area contributed by atoms with Crippen LogP contribution in [0.15, 0.2) is 42.6 Å². The molecule has 25 heavy (non-hydrogen) atoms. The lowest BCUT2D eigenvalue weighted by atomic mass is 10.2. The van der Waals surface area contributed by atoms with E-state index in [4.69, 9.17) is 11.6 Å². The maximum absolute atomic E-state index is 12.4. The van der Waals surface area contributed by atoms with Crippen LogP contribution in [0.1, 0.15) is 16.8 Å². The van der Waals surface area contributed by atoms with E-state index in [1.54, 1.807) is 49.6 Å². The SMILES string of the molecule is CN(c1cc(C(=O)Nc2cccc(Cl)c2)ccn1)C1CCS(=O)(=O)C1. The zero-order valence-electron chi connectivity index (χ0n) is 13.6. The van der Waals surface area contributed by atoms with E-state index < -0.39 is 9.84 Å². The van der Waals surface area contributed by atoms with Crippen LogP contribution in [0.3, 0.4) is 0 Å². The summed E-state index contributed by atoms with van der Waals surface area (Å²) in [6, 6.07) is 10.0. The Labute approximate surface area is 151 Å². The van der Waals surface area contributed by atoms with E-state index in [9.17, 15) is 13.2 Å². The molecule has 0 radical (unpaired) electrons. The fourth-order valence-electron chi connectivity index (χ4n) is 2.79. The number of aromatic nitrogens is 1. The first-order valence-electron chi connectivity index (χ1n) is 7.80. The molecule has 1 N–H and O–H groups in total. The van der Waals surface area contributed by atoms with Crippen LogP contribution in [0.2, 0.25) is 5.02 Å². The molecule has 0 bridgehead atoms. The Balaban J connectivity index is 1.76. The number of hydrogen-bond donors (Lipinski definition) is 1. The number of hydrogen-bond acceptors (Lipinski definition) is 5. The molecule has 1 aromatic heterocycles. The smallest absolute Gasteiger partial charge is 0.255 e. The molecule has 1 aromatic carbocycles. The van der Waals surface area contributed by atoms with Gasteiger partial charge < -0.3 is 10.2 Å². The van der Waals surface area contributed by atoms with Crippen molar-refractivity contribution in [3.05, 3.63) is 53.2 Å². The number of anilines is 2. The van der Waals surface area contributed by atoms with Gasteiger partial charge in [0.1, 0.15) is 5.82 Å². The van der Waals surface area contributed by atoms with Gasteiger partial charge in [-0.15, -0.1) is 0 Å². The van der Waals surface area contributed by atoms with E-state index in [0.29, 0.717) is 28.5 Å². The first-order valence-corrected chi connectivity index (χ1v) is 10.0. The zero-order chi connectivity index (χ0) is 18.0. The average molecular weight is 380 g/mol. The Hall–Kier alpha value is -2.12. The lowest BCUT2D eigenvalue weighted by Crippen LogP contribution is -2.33. The molecule has 132 valence electrons. The van der Waals surface area contributed by atoms with Gasteiger partial charge in [0.25, 0.3) is 5.91 Å². The molecule has 2 heterocycles. The summed E-state index contributed by atoms with van der Waals surface area (Å²) in [7, 11) is -1.18. The van der Waals surface area contributed by atoms with Crippen LogP contribution in [-0.4, -0.2) is 43.9 Å². The van der Waals surface area contributed by atoms with Crippen LogP contribution in [0.5, 0.6) is 0 Å². The van der Waals surface area contributed by atoms with Gasteiger partial charge in [0.15, 0.2) is 9.84 Å². The largest absolute Gasteiger partial charge is 0.356 e. The maximum atomic E-state index is 12.4. The monoisotopic (exact) mass is 379 g/mol. The molecule has 1 saturated heterocycles. The predicted octanol–water partition coefficient (Wildman–Crippen LogP) is 2.61. The van der Waals surface area contributed by atoms with Crippen molar-refractivity contribution in [3.8, 4) is 0 Å². The Kier molecular flexibility index (Phi) is 4.96. The number of carbonyl (C=O) groups excluding carboxylic acids is 1. The van der Waals surface area contributed by atoms with Crippen LogP contribution < -0.4 is 10.2 Å². The Bertz CT molecular complexity index is 902. The minimum atomic E-state index is -2.98. The third-order valence-electron chi connectivity index (χ3n) is 4.21. The topological polar surface area (TPSA) is 79.4 Å². The average Bonchev–Trinajstić information content (AvgIpc) is 2.94. The first kappa shape index (κ1) is 17.7. The molecule has 1 aliphatic heterocycles. The quantitative estimate of drug-likeness (QED) is 0.883. The molecule has 8 heteroatoms. The zero-order valence-corrected chi connectivity index (χ0v) is 15.2. The Morgan fingerprint density at radius 1 is 1.32 bits per heavy atom. The number of benzene rings is 1. The van der Waals surface area contributed by atoms with Gasteiger partial charge in [-0.25, -0.2) is 13.4 Å². The molecule has 2 aromatic rings. The highest BCUT2D eigenvalue weighted by atomic mass is 35.5.